The van der Waals surface area contributed by atoms with Crippen molar-refractivity contribution in [1.29, 1.82) is 0 Å². The minimum absolute atomic E-state index is 0.127. The first kappa shape index (κ1) is 23.1. The fourth-order valence-corrected chi connectivity index (χ4v) is 3.94. The number of nitrogens with zero attached hydrogens (tertiary/aromatic N) is 4. The largest absolute Gasteiger partial charge is 0.495 e. The molecule has 1 aliphatic rings. The van der Waals surface area contributed by atoms with Crippen LogP contribution in [-0.2, 0) is 11.3 Å². The number of carbonyl (C=O) groups excluding carboxylic acids is 1. The number of ether oxygens (including phenoxy) is 1. The Morgan fingerprint density at radius 3 is 2.64 bits per heavy atom. The van der Waals surface area contributed by atoms with Crippen molar-refractivity contribution in [3.05, 3.63) is 58.9 Å². The van der Waals surface area contributed by atoms with Gasteiger partial charge in [-0.05, 0) is 25.1 Å². The van der Waals surface area contributed by atoms with Crippen molar-refractivity contribution in [3.8, 4) is 17.1 Å². The molecule has 8 nitrogen and oxygen atoms in total. The Balaban J connectivity index is 1.22. The van der Waals surface area contributed by atoms with E-state index >= 15 is 0 Å². The van der Waals surface area contributed by atoms with E-state index in [0.29, 0.717) is 55.1 Å². The third-order valence-electron chi connectivity index (χ3n) is 5.68. The molecule has 4 rings (SSSR count). The molecule has 9 heteroatoms. The minimum atomic E-state index is 0.127. The molecule has 0 unspecified atom stereocenters. The Labute approximate surface area is 198 Å². The Morgan fingerprint density at radius 2 is 1.91 bits per heavy atom. The summed E-state index contributed by atoms with van der Waals surface area (Å²) in [5.41, 5.74) is 2.91. The SMILES string of the molecule is COc1ccc(Cl)cc1NCCC(=O)N1CCN(Cc2nc(-c3ccc(C)cc3)no2)CC1. The molecule has 1 amide bonds. The topological polar surface area (TPSA) is 83.7 Å². The van der Waals surface area contributed by atoms with Crippen molar-refractivity contribution in [3.63, 3.8) is 0 Å². The van der Waals surface area contributed by atoms with Crippen LogP contribution in [0.5, 0.6) is 5.75 Å². The zero-order valence-electron chi connectivity index (χ0n) is 18.9. The number of aromatic nitrogens is 2. The van der Waals surface area contributed by atoms with Gasteiger partial charge in [0.15, 0.2) is 0 Å². The molecule has 33 heavy (non-hydrogen) atoms. The van der Waals surface area contributed by atoms with Gasteiger partial charge in [0.25, 0.3) is 0 Å². The average Bonchev–Trinajstić information content (AvgIpc) is 3.28. The molecule has 1 aromatic heterocycles. The summed E-state index contributed by atoms with van der Waals surface area (Å²) in [7, 11) is 1.61. The lowest BCUT2D eigenvalue weighted by atomic mass is 10.1. The number of aryl methyl sites for hydroxylation is 1. The number of carbonyl (C=O) groups is 1. The van der Waals surface area contributed by atoms with E-state index < -0.39 is 0 Å². The first-order chi connectivity index (χ1) is 16.0. The summed E-state index contributed by atoms with van der Waals surface area (Å²) in [6.45, 7) is 6.03. The lowest BCUT2D eigenvalue weighted by Crippen LogP contribution is -2.48. The molecule has 0 aliphatic carbocycles. The number of piperazine rings is 1. The Bertz CT molecular complexity index is 1080. The first-order valence-corrected chi connectivity index (χ1v) is 11.4. The molecule has 2 heterocycles. The predicted octanol–water partition coefficient (Wildman–Crippen LogP) is 3.85. The van der Waals surface area contributed by atoms with Gasteiger partial charge in [0, 0.05) is 49.7 Å². The van der Waals surface area contributed by atoms with E-state index in [1.807, 2.05) is 36.1 Å². The highest BCUT2D eigenvalue weighted by molar-refractivity contribution is 6.30. The second kappa shape index (κ2) is 10.7. The molecular formula is C24H28ClN5O3. The lowest BCUT2D eigenvalue weighted by Gasteiger charge is -2.34. The maximum atomic E-state index is 12.6. The highest BCUT2D eigenvalue weighted by Gasteiger charge is 2.22. The van der Waals surface area contributed by atoms with Crippen LogP contribution in [0.3, 0.4) is 0 Å². The van der Waals surface area contributed by atoms with E-state index in [-0.39, 0.29) is 5.91 Å². The van der Waals surface area contributed by atoms with Crippen molar-refractivity contribution in [1.82, 2.24) is 19.9 Å². The number of anilines is 1. The van der Waals surface area contributed by atoms with Crippen LogP contribution in [0.25, 0.3) is 11.4 Å². The van der Waals surface area contributed by atoms with Crippen LogP contribution >= 0.6 is 11.6 Å². The number of nitrogens with one attached hydrogen (secondary N) is 1. The zero-order valence-corrected chi connectivity index (χ0v) is 19.6. The Morgan fingerprint density at radius 1 is 1.15 bits per heavy atom. The van der Waals surface area contributed by atoms with Crippen LogP contribution in [0.1, 0.15) is 17.9 Å². The standard InChI is InChI=1S/C24H28ClN5O3/c1-17-3-5-18(6-4-17)24-27-22(33-28-24)16-29-11-13-30(14-12-29)23(31)9-10-26-20-15-19(25)7-8-21(20)32-2/h3-8,15,26H,9-14,16H2,1-2H3. The quantitative estimate of drug-likeness (QED) is 0.536. The van der Waals surface area contributed by atoms with Gasteiger partial charge in [-0.15, -0.1) is 0 Å². The third kappa shape index (κ3) is 6.03. The summed E-state index contributed by atoms with van der Waals surface area (Å²) in [6, 6.07) is 13.4. The van der Waals surface area contributed by atoms with Gasteiger partial charge in [0.2, 0.25) is 17.6 Å². The van der Waals surface area contributed by atoms with Gasteiger partial charge in [-0.2, -0.15) is 4.98 Å². The van der Waals surface area contributed by atoms with Gasteiger partial charge in [0.1, 0.15) is 5.75 Å². The summed E-state index contributed by atoms with van der Waals surface area (Å²) < 4.78 is 10.8. The molecule has 1 aliphatic heterocycles. The molecule has 2 aromatic carbocycles. The molecule has 0 spiro atoms. The fourth-order valence-electron chi connectivity index (χ4n) is 3.77. The average molecular weight is 470 g/mol. The van der Waals surface area contributed by atoms with E-state index in [1.54, 1.807) is 25.3 Å². The lowest BCUT2D eigenvalue weighted by molar-refractivity contribution is -0.132. The van der Waals surface area contributed by atoms with E-state index in [2.05, 4.69) is 20.4 Å². The predicted molar refractivity (Wildman–Crippen MR) is 127 cm³/mol. The maximum absolute atomic E-state index is 12.6. The Kier molecular flexibility index (Phi) is 7.47. The number of methoxy groups -OCH3 is 1. The van der Waals surface area contributed by atoms with E-state index in [0.717, 1.165) is 24.3 Å². The summed E-state index contributed by atoms with van der Waals surface area (Å²) in [5.74, 6) is 2.02. The zero-order chi connectivity index (χ0) is 23.2. The van der Waals surface area contributed by atoms with Gasteiger partial charge < -0.3 is 19.5 Å². The Hall–Kier alpha value is -3.10. The second-order valence-electron chi connectivity index (χ2n) is 8.06. The van der Waals surface area contributed by atoms with Gasteiger partial charge in [-0.3, -0.25) is 9.69 Å². The van der Waals surface area contributed by atoms with Crippen molar-refractivity contribution < 1.29 is 14.1 Å². The number of amides is 1. The third-order valence-corrected chi connectivity index (χ3v) is 5.91. The van der Waals surface area contributed by atoms with Gasteiger partial charge in [-0.1, -0.05) is 46.6 Å². The monoisotopic (exact) mass is 469 g/mol. The molecule has 0 atom stereocenters. The summed E-state index contributed by atoms with van der Waals surface area (Å²) in [4.78, 5) is 21.3. The smallest absolute Gasteiger partial charge is 0.241 e. The van der Waals surface area contributed by atoms with E-state index in [9.17, 15) is 4.79 Å². The normalized spacial score (nSPS) is 14.3. The molecule has 0 saturated carbocycles. The summed E-state index contributed by atoms with van der Waals surface area (Å²) in [6.07, 6.45) is 0.402. The number of benzene rings is 2. The van der Waals surface area contributed by atoms with Crippen molar-refractivity contribution in [2.75, 3.05) is 45.2 Å². The van der Waals surface area contributed by atoms with Crippen LogP contribution in [0.15, 0.2) is 47.0 Å². The molecule has 0 radical (unpaired) electrons. The van der Waals surface area contributed by atoms with Crippen molar-refractivity contribution >= 4 is 23.2 Å². The molecule has 0 bridgehead atoms. The summed E-state index contributed by atoms with van der Waals surface area (Å²) >= 11 is 6.06. The van der Waals surface area contributed by atoms with E-state index in [1.165, 1.54) is 5.56 Å². The minimum Gasteiger partial charge on any atom is -0.495 e. The van der Waals surface area contributed by atoms with Crippen molar-refractivity contribution in [2.24, 2.45) is 0 Å². The van der Waals surface area contributed by atoms with Crippen LogP contribution < -0.4 is 10.1 Å². The fraction of sp³-hybridized carbons (Fsp3) is 0.375. The number of rotatable bonds is 8. The maximum Gasteiger partial charge on any atom is 0.241 e. The van der Waals surface area contributed by atoms with Crippen LogP contribution in [-0.4, -0.2) is 65.7 Å². The molecule has 3 aromatic rings. The molecule has 1 saturated heterocycles. The van der Waals surface area contributed by atoms with Gasteiger partial charge in [0.05, 0.1) is 19.3 Å². The highest BCUT2D eigenvalue weighted by atomic mass is 35.5. The molecule has 1 fully saturated rings. The van der Waals surface area contributed by atoms with E-state index in [4.69, 9.17) is 20.9 Å². The van der Waals surface area contributed by atoms with Crippen LogP contribution in [0, 0.1) is 6.92 Å². The number of hydrogen-bond acceptors (Lipinski definition) is 7. The van der Waals surface area contributed by atoms with Crippen LogP contribution in [0.2, 0.25) is 5.02 Å². The van der Waals surface area contributed by atoms with Gasteiger partial charge in [-0.25, -0.2) is 0 Å². The number of halogens is 1. The summed E-state index contributed by atoms with van der Waals surface area (Å²) in [5, 5.41) is 7.96. The molecular weight excluding hydrogens is 442 g/mol. The van der Waals surface area contributed by atoms with Crippen molar-refractivity contribution in [2.45, 2.75) is 19.9 Å². The molecule has 1 N–H and O–H groups in total. The highest BCUT2D eigenvalue weighted by Crippen LogP contribution is 2.27. The van der Waals surface area contributed by atoms with Gasteiger partial charge >= 0.3 is 0 Å². The molecule has 174 valence electrons. The second-order valence-corrected chi connectivity index (χ2v) is 8.49. The number of hydrogen-bond donors (Lipinski definition) is 1. The first-order valence-electron chi connectivity index (χ1n) is 11.0. The van der Waals surface area contributed by atoms with Crippen LogP contribution in [0.4, 0.5) is 5.69 Å².